The van der Waals surface area contributed by atoms with Crippen LogP contribution in [0.1, 0.15) is 24.8 Å². The van der Waals surface area contributed by atoms with E-state index in [9.17, 15) is 5.11 Å². The van der Waals surface area contributed by atoms with Crippen LogP contribution in [0.3, 0.4) is 0 Å². The van der Waals surface area contributed by atoms with Crippen molar-refractivity contribution in [1.82, 2.24) is 19.8 Å². The number of phenolic OH excluding ortho intramolecular Hbond substituents is 1. The SMILES string of the molecule is Nc1ccc(-c2nn3c(C4CCCO4)nnc3s2)cc1O. The molecule has 3 aromatic rings. The zero-order valence-corrected chi connectivity index (χ0v) is 11.9. The first-order chi connectivity index (χ1) is 10.2. The van der Waals surface area contributed by atoms with E-state index in [2.05, 4.69) is 15.3 Å². The van der Waals surface area contributed by atoms with Crippen LogP contribution >= 0.6 is 11.3 Å². The second kappa shape index (κ2) is 4.68. The van der Waals surface area contributed by atoms with E-state index in [4.69, 9.17) is 10.5 Å². The fraction of sp³-hybridized carbons (Fsp3) is 0.308. The number of aromatic hydroxyl groups is 1. The highest BCUT2D eigenvalue weighted by molar-refractivity contribution is 7.19. The van der Waals surface area contributed by atoms with Crippen molar-refractivity contribution in [2.75, 3.05) is 12.3 Å². The average molecular weight is 303 g/mol. The van der Waals surface area contributed by atoms with E-state index >= 15 is 0 Å². The maximum Gasteiger partial charge on any atom is 0.235 e. The number of fused-ring (bicyclic) bond motifs is 1. The fourth-order valence-corrected chi connectivity index (χ4v) is 3.25. The van der Waals surface area contributed by atoms with Gasteiger partial charge in [-0.15, -0.1) is 10.2 Å². The number of nitrogens with two attached hydrogens (primary N) is 1. The minimum absolute atomic E-state index is 0.0326. The van der Waals surface area contributed by atoms with Crippen LogP contribution in [0.2, 0.25) is 0 Å². The first-order valence-corrected chi connectivity index (χ1v) is 7.46. The number of hydrogen-bond donors (Lipinski definition) is 2. The molecule has 0 spiro atoms. The highest BCUT2D eigenvalue weighted by atomic mass is 32.1. The van der Waals surface area contributed by atoms with Crippen LogP contribution in [-0.2, 0) is 4.74 Å². The summed E-state index contributed by atoms with van der Waals surface area (Å²) in [6.45, 7) is 0.752. The third-order valence-corrected chi connectivity index (χ3v) is 4.46. The van der Waals surface area contributed by atoms with Gasteiger partial charge in [-0.05, 0) is 31.0 Å². The third-order valence-electron chi connectivity index (χ3n) is 3.51. The van der Waals surface area contributed by atoms with Gasteiger partial charge in [0.2, 0.25) is 4.96 Å². The monoisotopic (exact) mass is 303 g/mol. The van der Waals surface area contributed by atoms with Gasteiger partial charge in [-0.2, -0.15) is 9.61 Å². The Labute approximate surface area is 124 Å². The molecule has 1 aromatic carbocycles. The average Bonchev–Trinajstić information content (AvgIpc) is 3.16. The molecule has 1 aliphatic rings. The van der Waals surface area contributed by atoms with Crippen molar-refractivity contribution in [3.8, 4) is 16.3 Å². The van der Waals surface area contributed by atoms with Gasteiger partial charge in [0.05, 0.1) is 5.69 Å². The number of nitrogens with zero attached hydrogens (tertiary/aromatic N) is 4. The lowest BCUT2D eigenvalue weighted by molar-refractivity contribution is 0.103. The Bertz CT molecular complexity index is 806. The molecular weight excluding hydrogens is 290 g/mol. The topological polar surface area (TPSA) is 98.6 Å². The molecule has 1 fully saturated rings. The van der Waals surface area contributed by atoms with Gasteiger partial charge in [-0.25, -0.2) is 0 Å². The number of anilines is 1. The third kappa shape index (κ3) is 2.03. The second-order valence-corrected chi connectivity index (χ2v) is 5.89. The van der Waals surface area contributed by atoms with E-state index in [0.29, 0.717) is 10.6 Å². The minimum Gasteiger partial charge on any atom is -0.506 e. The lowest BCUT2D eigenvalue weighted by atomic mass is 10.2. The largest absolute Gasteiger partial charge is 0.506 e. The Kier molecular flexibility index (Phi) is 2.79. The predicted octanol–water partition coefficient (Wildman–Crippen LogP) is 1.99. The van der Waals surface area contributed by atoms with Crippen molar-refractivity contribution >= 4 is 22.0 Å². The van der Waals surface area contributed by atoms with Gasteiger partial charge in [-0.3, -0.25) is 0 Å². The molecule has 0 bridgehead atoms. The molecular formula is C13H13N5O2S. The summed E-state index contributed by atoms with van der Waals surface area (Å²) in [5.74, 6) is 0.794. The van der Waals surface area contributed by atoms with Crippen LogP contribution in [0.15, 0.2) is 18.2 Å². The van der Waals surface area contributed by atoms with E-state index in [1.807, 2.05) is 6.07 Å². The summed E-state index contributed by atoms with van der Waals surface area (Å²) in [6.07, 6.45) is 1.94. The van der Waals surface area contributed by atoms with E-state index in [1.54, 1.807) is 16.6 Å². The first-order valence-electron chi connectivity index (χ1n) is 6.65. The molecule has 7 nitrogen and oxygen atoms in total. The summed E-state index contributed by atoms with van der Waals surface area (Å²) >= 11 is 1.42. The van der Waals surface area contributed by atoms with Crippen molar-refractivity contribution < 1.29 is 9.84 Å². The highest BCUT2D eigenvalue weighted by Crippen LogP contribution is 2.33. The molecule has 108 valence electrons. The molecule has 1 atom stereocenters. The number of hydrogen-bond acceptors (Lipinski definition) is 7. The quantitative estimate of drug-likeness (QED) is 0.555. The Morgan fingerprint density at radius 1 is 1.38 bits per heavy atom. The van der Waals surface area contributed by atoms with E-state index < -0.39 is 0 Å². The van der Waals surface area contributed by atoms with Crippen molar-refractivity contribution in [3.05, 3.63) is 24.0 Å². The van der Waals surface area contributed by atoms with Crippen molar-refractivity contribution in [3.63, 3.8) is 0 Å². The number of phenols is 1. The van der Waals surface area contributed by atoms with Gasteiger partial charge in [0, 0.05) is 12.2 Å². The summed E-state index contributed by atoms with van der Waals surface area (Å²) in [5, 5.41) is 23.3. The van der Waals surface area contributed by atoms with Crippen molar-refractivity contribution in [2.45, 2.75) is 18.9 Å². The standard InChI is InChI=1S/C13H13N5O2S/c14-8-4-3-7(6-9(8)19)12-17-18-11(10-2-1-5-20-10)15-16-13(18)21-12/h3-4,6,10,19H,1-2,5,14H2. The Morgan fingerprint density at radius 2 is 2.29 bits per heavy atom. The van der Waals surface area contributed by atoms with Crippen molar-refractivity contribution in [1.29, 1.82) is 0 Å². The number of rotatable bonds is 2. The Balaban J connectivity index is 1.78. The Morgan fingerprint density at radius 3 is 3.05 bits per heavy atom. The smallest absolute Gasteiger partial charge is 0.235 e. The molecule has 0 saturated carbocycles. The zero-order valence-electron chi connectivity index (χ0n) is 11.1. The molecule has 3 N–H and O–H groups in total. The molecule has 0 radical (unpaired) electrons. The molecule has 2 aromatic heterocycles. The highest BCUT2D eigenvalue weighted by Gasteiger charge is 2.25. The fourth-order valence-electron chi connectivity index (χ4n) is 2.41. The summed E-state index contributed by atoms with van der Waals surface area (Å²) in [6, 6.07) is 5.09. The van der Waals surface area contributed by atoms with Crippen LogP contribution < -0.4 is 5.73 Å². The van der Waals surface area contributed by atoms with E-state index in [0.717, 1.165) is 35.8 Å². The van der Waals surface area contributed by atoms with E-state index in [-0.39, 0.29) is 11.9 Å². The number of benzene rings is 1. The summed E-state index contributed by atoms with van der Waals surface area (Å²) < 4.78 is 7.37. The number of nitrogen functional groups attached to an aromatic ring is 1. The Hall–Kier alpha value is -2.19. The zero-order chi connectivity index (χ0) is 14.4. The van der Waals surface area contributed by atoms with Gasteiger partial charge < -0.3 is 15.6 Å². The molecule has 1 unspecified atom stereocenters. The molecule has 0 aliphatic carbocycles. The molecule has 0 amide bonds. The van der Waals surface area contributed by atoms with Gasteiger partial charge in [0.25, 0.3) is 0 Å². The lowest BCUT2D eigenvalue weighted by Gasteiger charge is -2.04. The summed E-state index contributed by atoms with van der Waals surface area (Å²) in [5.41, 5.74) is 6.77. The molecule has 1 saturated heterocycles. The van der Waals surface area contributed by atoms with Crippen LogP contribution in [0.25, 0.3) is 15.5 Å². The van der Waals surface area contributed by atoms with Gasteiger partial charge in [0.15, 0.2) is 5.82 Å². The van der Waals surface area contributed by atoms with Gasteiger partial charge >= 0.3 is 0 Å². The summed E-state index contributed by atoms with van der Waals surface area (Å²) in [4.78, 5) is 0.715. The number of ether oxygens (including phenoxy) is 1. The molecule has 8 heteroatoms. The molecule has 3 heterocycles. The van der Waals surface area contributed by atoms with Gasteiger partial charge in [-0.1, -0.05) is 11.3 Å². The maximum absolute atomic E-state index is 9.71. The number of aromatic nitrogens is 4. The first kappa shape index (κ1) is 12.5. The molecule has 4 rings (SSSR count). The van der Waals surface area contributed by atoms with Crippen LogP contribution in [0.4, 0.5) is 5.69 Å². The normalized spacial score (nSPS) is 18.6. The molecule has 21 heavy (non-hydrogen) atoms. The lowest BCUT2D eigenvalue weighted by Crippen LogP contribution is -2.03. The second-order valence-electron chi connectivity index (χ2n) is 4.94. The minimum atomic E-state index is -0.0326. The predicted molar refractivity (Wildman–Crippen MR) is 78.1 cm³/mol. The van der Waals surface area contributed by atoms with Crippen LogP contribution in [-0.4, -0.2) is 31.5 Å². The van der Waals surface area contributed by atoms with Gasteiger partial charge in [0.1, 0.15) is 16.9 Å². The maximum atomic E-state index is 9.71. The van der Waals surface area contributed by atoms with Crippen molar-refractivity contribution in [2.24, 2.45) is 0 Å². The van der Waals surface area contributed by atoms with Crippen LogP contribution in [0.5, 0.6) is 5.75 Å². The van der Waals surface area contributed by atoms with E-state index in [1.165, 1.54) is 11.3 Å². The summed E-state index contributed by atoms with van der Waals surface area (Å²) in [7, 11) is 0. The molecule has 1 aliphatic heterocycles. The van der Waals surface area contributed by atoms with Crippen LogP contribution in [0, 0.1) is 0 Å².